The van der Waals surface area contributed by atoms with Crippen molar-refractivity contribution in [2.45, 2.75) is 64.1 Å². The van der Waals surface area contributed by atoms with E-state index in [2.05, 4.69) is 36.7 Å². The summed E-state index contributed by atoms with van der Waals surface area (Å²) in [6.07, 6.45) is 7.29. The number of benzene rings is 1. The number of allylic oxidation sites excluding steroid dienone is 1. The zero-order chi connectivity index (χ0) is 36.4. The van der Waals surface area contributed by atoms with Crippen molar-refractivity contribution in [2.75, 3.05) is 83.7 Å². The van der Waals surface area contributed by atoms with Gasteiger partial charge in [-0.3, -0.25) is 25.0 Å². The molecule has 5 N–H and O–H groups in total. The van der Waals surface area contributed by atoms with Crippen LogP contribution in [0.5, 0.6) is 5.75 Å². The number of fused-ring (bicyclic) bond motifs is 2. The molecule has 3 fully saturated rings. The van der Waals surface area contributed by atoms with Gasteiger partial charge in [-0.1, -0.05) is 12.1 Å². The summed E-state index contributed by atoms with van der Waals surface area (Å²) in [6, 6.07) is 11.5. The zero-order valence-electron chi connectivity index (χ0n) is 30.5. The normalized spacial score (nSPS) is 20.1. The number of likely N-dealkylation sites (tertiary alicyclic amines) is 1. The summed E-state index contributed by atoms with van der Waals surface area (Å²) in [5, 5.41) is 27.0. The second-order valence-electron chi connectivity index (χ2n) is 14.6. The SMILES string of the molecule is CC(C)(C)OC(=O)CN1CCN(CCOCCOCCCc2cc(N3C4CCC3CN(/C(=C/C(=N)c3ccccc3O)C(=N)N)C4)ccn2)CC1. The van der Waals surface area contributed by atoms with Crippen molar-refractivity contribution in [1.82, 2.24) is 19.7 Å². The number of nitrogens with two attached hydrogens (primary N) is 1. The Morgan fingerprint density at radius 2 is 1.65 bits per heavy atom. The van der Waals surface area contributed by atoms with Gasteiger partial charge in [0.1, 0.15) is 17.2 Å². The molecule has 0 spiro atoms. The van der Waals surface area contributed by atoms with Gasteiger partial charge in [0.05, 0.1) is 37.8 Å². The Kier molecular flexibility index (Phi) is 13.4. The van der Waals surface area contributed by atoms with Crippen molar-refractivity contribution in [2.24, 2.45) is 5.73 Å². The molecule has 2 aromatic rings. The molecule has 13 nitrogen and oxygen atoms in total. The van der Waals surface area contributed by atoms with Crippen LogP contribution in [0.15, 0.2) is 54.4 Å². The van der Waals surface area contributed by atoms with Gasteiger partial charge >= 0.3 is 5.97 Å². The van der Waals surface area contributed by atoms with E-state index in [0.717, 1.165) is 64.1 Å². The Bertz CT molecular complexity index is 1510. The van der Waals surface area contributed by atoms with E-state index in [9.17, 15) is 9.90 Å². The van der Waals surface area contributed by atoms with Crippen LogP contribution in [0.4, 0.5) is 5.69 Å². The summed E-state index contributed by atoms with van der Waals surface area (Å²) in [6.45, 7) is 14.3. The molecule has 51 heavy (non-hydrogen) atoms. The average Bonchev–Trinajstić information content (AvgIpc) is 3.35. The first kappa shape index (κ1) is 38.2. The number of anilines is 1. The predicted molar refractivity (Wildman–Crippen MR) is 199 cm³/mol. The lowest BCUT2D eigenvalue weighted by atomic mass is 10.1. The number of pyridine rings is 1. The lowest BCUT2D eigenvalue weighted by Gasteiger charge is -2.44. The van der Waals surface area contributed by atoms with Crippen LogP contribution in [-0.4, -0.2) is 139 Å². The number of nitrogens with zero attached hydrogens (tertiary/aromatic N) is 5. The quantitative estimate of drug-likeness (QED) is 0.0827. The van der Waals surface area contributed by atoms with Crippen molar-refractivity contribution >= 4 is 23.2 Å². The van der Waals surface area contributed by atoms with Crippen LogP contribution in [-0.2, 0) is 25.4 Å². The number of rotatable bonds is 17. The number of para-hydroxylation sites is 1. The Balaban J connectivity index is 0.978. The first-order chi connectivity index (χ1) is 24.5. The summed E-state index contributed by atoms with van der Waals surface area (Å²) < 4.78 is 17.1. The second kappa shape index (κ2) is 17.9. The van der Waals surface area contributed by atoms with Crippen LogP contribution in [0.1, 0.15) is 51.3 Å². The number of hydrogen-bond donors (Lipinski definition) is 4. The van der Waals surface area contributed by atoms with E-state index in [1.165, 1.54) is 5.69 Å². The fourth-order valence-electron chi connectivity index (χ4n) is 7.14. The molecular formula is C38H56N8O5. The lowest BCUT2D eigenvalue weighted by Crippen LogP contribution is -2.54. The van der Waals surface area contributed by atoms with E-state index >= 15 is 0 Å². The summed E-state index contributed by atoms with van der Waals surface area (Å²) in [5.74, 6) is -0.205. The number of aryl methyl sites for hydroxylation is 1. The minimum atomic E-state index is -0.448. The topological polar surface area (TPSA) is 165 Å². The first-order valence-corrected chi connectivity index (χ1v) is 18.2. The van der Waals surface area contributed by atoms with Gasteiger partial charge in [0.2, 0.25) is 0 Å². The van der Waals surface area contributed by atoms with E-state index in [4.69, 9.17) is 30.8 Å². The fourth-order valence-corrected chi connectivity index (χ4v) is 7.14. The number of carbonyl (C=O) groups excluding carboxylic acids is 1. The molecule has 4 heterocycles. The number of aromatic hydroxyl groups is 1. The van der Waals surface area contributed by atoms with Gasteiger partial charge in [0.25, 0.3) is 0 Å². The van der Waals surface area contributed by atoms with Crippen molar-refractivity contribution in [3.8, 4) is 5.75 Å². The monoisotopic (exact) mass is 704 g/mol. The summed E-state index contributed by atoms with van der Waals surface area (Å²) in [5.41, 5.74) is 8.85. The Morgan fingerprint density at radius 3 is 2.31 bits per heavy atom. The van der Waals surface area contributed by atoms with E-state index in [1.807, 2.05) is 27.0 Å². The molecule has 0 radical (unpaired) electrons. The van der Waals surface area contributed by atoms with Crippen molar-refractivity contribution in [3.63, 3.8) is 0 Å². The first-order valence-electron chi connectivity index (χ1n) is 18.2. The molecule has 2 bridgehead atoms. The molecule has 1 aromatic carbocycles. The number of carbonyl (C=O) groups is 1. The molecular weight excluding hydrogens is 648 g/mol. The number of aromatic nitrogens is 1. The third-order valence-electron chi connectivity index (χ3n) is 9.56. The fraction of sp³-hybridized carbons (Fsp3) is 0.579. The van der Waals surface area contributed by atoms with E-state index in [0.29, 0.717) is 57.3 Å². The smallest absolute Gasteiger partial charge is 0.320 e. The van der Waals surface area contributed by atoms with Crippen molar-refractivity contribution < 1.29 is 24.1 Å². The van der Waals surface area contributed by atoms with Gasteiger partial charge in [-0.15, -0.1) is 0 Å². The van der Waals surface area contributed by atoms with Crippen LogP contribution >= 0.6 is 0 Å². The summed E-state index contributed by atoms with van der Waals surface area (Å²) >= 11 is 0. The standard InChI is InChI=1S/C38H56N8O5/c1-38(2,3)51-36(48)27-44-16-14-43(15-17-44)18-20-50-22-21-49-19-6-7-28-23-29(12-13-42-28)46-30-10-11-31(46)26-45(25-30)34(37(40)41)24-33(39)32-8-4-5-9-35(32)47/h4-5,8-9,12-13,23-24,30-31,39,47H,6-7,10-11,14-22,25-27H2,1-3H3,(H3,40,41)/b34-24+,39-33?. The van der Waals surface area contributed by atoms with Gasteiger partial charge in [0, 0.05) is 87.6 Å². The van der Waals surface area contributed by atoms with E-state index < -0.39 is 5.60 Å². The maximum absolute atomic E-state index is 12.1. The van der Waals surface area contributed by atoms with E-state index in [1.54, 1.807) is 30.3 Å². The molecule has 0 aliphatic carbocycles. The molecule has 3 aliphatic rings. The highest BCUT2D eigenvalue weighted by molar-refractivity contribution is 6.12. The Hall–Kier alpha value is -4.04. The summed E-state index contributed by atoms with van der Waals surface area (Å²) in [7, 11) is 0. The maximum atomic E-state index is 12.1. The third-order valence-corrected chi connectivity index (χ3v) is 9.56. The molecule has 0 saturated carbocycles. The maximum Gasteiger partial charge on any atom is 0.320 e. The minimum absolute atomic E-state index is 0.0352. The third kappa shape index (κ3) is 11.2. The van der Waals surface area contributed by atoms with E-state index in [-0.39, 0.29) is 35.3 Å². The largest absolute Gasteiger partial charge is 0.507 e. The van der Waals surface area contributed by atoms with Crippen LogP contribution in [0.2, 0.25) is 0 Å². The van der Waals surface area contributed by atoms with Gasteiger partial charge in [-0.05, 0) is 76.8 Å². The number of esters is 1. The number of piperazine rings is 2. The van der Waals surface area contributed by atoms with Gasteiger partial charge in [-0.2, -0.15) is 0 Å². The number of hydrogen-bond acceptors (Lipinski definition) is 12. The highest BCUT2D eigenvalue weighted by atomic mass is 16.6. The van der Waals surface area contributed by atoms with Crippen molar-refractivity contribution in [3.05, 3.63) is 65.6 Å². The van der Waals surface area contributed by atoms with Gasteiger partial charge in [-0.25, -0.2) is 0 Å². The number of ether oxygens (including phenoxy) is 3. The van der Waals surface area contributed by atoms with Crippen LogP contribution < -0.4 is 10.6 Å². The number of nitrogens with one attached hydrogen (secondary N) is 2. The number of phenols is 1. The number of phenolic OH excluding ortho intramolecular Hbond substituents is 1. The molecule has 278 valence electrons. The van der Waals surface area contributed by atoms with Crippen LogP contribution in [0.25, 0.3) is 0 Å². The van der Waals surface area contributed by atoms with Gasteiger partial charge < -0.3 is 40.3 Å². The minimum Gasteiger partial charge on any atom is -0.507 e. The molecule has 1 aromatic heterocycles. The predicted octanol–water partition coefficient (Wildman–Crippen LogP) is 3.25. The second-order valence-corrected chi connectivity index (χ2v) is 14.6. The highest BCUT2D eigenvalue weighted by Gasteiger charge is 2.41. The Morgan fingerprint density at radius 1 is 0.980 bits per heavy atom. The summed E-state index contributed by atoms with van der Waals surface area (Å²) in [4.78, 5) is 25.8. The molecule has 3 saturated heterocycles. The van der Waals surface area contributed by atoms with Crippen LogP contribution in [0, 0.1) is 10.8 Å². The average molecular weight is 705 g/mol. The molecule has 0 amide bonds. The molecule has 13 heteroatoms. The van der Waals surface area contributed by atoms with Crippen molar-refractivity contribution in [1.29, 1.82) is 10.8 Å². The molecule has 2 atom stereocenters. The highest BCUT2D eigenvalue weighted by Crippen LogP contribution is 2.36. The lowest BCUT2D eigenvalue weighted by molar-refractivity contribution is -0.156. The zero-order valence-corrected chi connectivity index (χ0v) is 30.5. The molecule has 3 aliphatic heterocycles. The Labute approximate surface area is 302 Å². The number of amidine groups is 1. The molecule has 2 unspecified atom stereocenters. The van der Waals surface area contributed by atoms with Crippen LogP contribution in [0.3, 0.4) is 0 Å². The van der Waals surface area contributed by atoms with Gasteiger partial charge in [0.15, 0.2) is 0 Å². The molecule has 5 rings (SSSR count).